The SMILES string of the molecule is O=C(N[C@@H](CC1CC1)C(=O)NCC(C(=O)O)C(F)(F)F)OCC1c2ccccc2-c2ccccc21. The van der Waals surface area contributed by atoms with Gasteiger partial charge in [0.25, 0.3) is 0 Å². The summed E-state index contributed by atoms with van der Waals surface area (Å²) in [6.45, 7) is -1.10. The molecule has 186 valence electrons. The molecule has 0 aromatic heterocycles. The molecule has 1 saturated carbocycles. The number of hydrogen-bond donors (Lipinski definition) is 3. The molecule has 2 aromatic rings. The molecule has 0 aliphatic heterocycles. The molecule has 2 aromatic carbocycles. The third kappa shape index (κ3) is 5.75. The molecule has 2 atom stereocenters. The minimum atomic E-state index is -5.01. The number of halogens is 3. The molecular formula is C25H25F3N2O5. The standard InChI is InChI=1S/C25H25F3N2O5/c26-25(27,28)20(23(32)33)12-29-22(31)21(11-14-9-10-14)30-24(34)35-13-19-17-7-3-1-5-15(17)16-6-2-4-8-18(16)19/h1-8,14,19-21H,9-13H2,(H,29,31)(H,30,34)(H,32,33)/t20?,21-/m0/s1. The number of alkyl carbamates (subject to hydrolysis) is 1. The summed E-state index contributed by atoms with van der Waals surface area (Å²) < 4.78 is 44.1. The zero-order valence-corrected chi connectivity index (χ0v) is 18.7. The Bertz CT molecular complexity index is 1070. The number of nitrogens with one attached hydrogen (secondary N) is 2. The van der Waals surface area contributed by atoms with Gasteiger partial charge in [0.05, 0.1) is 0 Å². The Morgan fingerprint density at radius 2 is 1.57 bits per heavy atom. The molecule has 2 amide bonds. The number of amides is 2. The monoisotopic (exact) mass is 490 g/mol. The molecule has 35 heavy (non-hydrogen) atoms. The summed E-state index contributed by atoms with van der Waals surface area (Å²) in [7, 11) is 0. The summed E-state index contributed by atoms with van der Waals surface area (Å²) in [4.78, 5) is 36.0. The number of carbonyl (C=O) groups excluding carboxylic acids is 2. The maximum atomic E-state index is 12.9. The van der Waals surface area contributed by atoms with E-state index in [1.54, 1.807) is 0 Å². The minimum absolute atomic E-state index is 0.0206. The fourth-order valence-electron chi connectivity index (χ4n) is 4.37. The van der Waals surface area contributed by atoms with Crippen molar-refractivity contribution in [1.82, 2.24) is 10.6 Å². The Kier molecular flexibility index (Phi) is 7.00. The molecule has 0 saturated heterocycles. The quantitative estimate of drug-likeness (QED) is 0.492. The smallest absolute Gasteiger partial charge is 0.407 e. The van der Waals surface area contributed by atoms with Gasteiger partial charge in [0.15, 0.2) is 5.92 Å². The van der Waals surface area contributed by atoms with Gasteiger partial charge in [-0.2, -0.15) is 13.2 Å². The number of alkyl halides is 3. The average molecular weight is 490 g/mol. The number of fused-ring (bicyclic) bond motifs is 3. The van der Waals surface area contributed by atoms with Crippen molar-refractivity contribution in [3.63, 3.8) is 0 Å². The Morgan fingerprint density at radius 3 is 2.09 bits per heavy atom. The first-order valence-electron chi connectivity index (χ1n) is 11.3. The van der Waals surface area contributed by atoms with Gasteiger partial charge in [0.1, 0.15) is 12.6 Å². The van der Waals surface area contributed by atoms with E-state index < -0.39 is 42.7 Å². The Hall–Kier alpha value is -3.56. The molecule has 1 unspecified atom stereocenters. The van der Waals surface area contributed by atoms with Crippen LogP contribution >= 0.6 is 0 Å². The Balaban J connectivity index is 1.38. The molecule has 0 radical (unpaired) electrons. The third-order valence-electron chi connectivity index (χ3n) is 6.39. The number of hydrogen-bond acceptors (Lipinski definition) is 4. The van der Waals surface area contributed by atoms with Crippen molar-refractivity contribution in [3.8, 4) is 11.1 Å². The van der Waals surface area contributed by atoms with E-state index in [9.17, 15) is 27.6 Å². The summed E-state index contributed by atoms with van der Waals surface area (Å²) in [5.41, 5.74) is 4.14. The lowest BCUT2D eigenvalue weighted by molar-refractivity contribution is -0.192. The van der Waals surface area contributed by atoms with Crippen molar-refractivity contribution in [2.75, 3.05) is 13.2 Å². The highest BCUT2D eigenvalue weighted by molar-refractivity contribution is 5.86. The number of benzene rings is 2. The second-order valence-electron chi connectivity index (χ2n) is 8.88. The van der Waals surface area contributed by atoms with E-state index in [1.165, 1.54) is 0 Å². The number of aliphatic carboxylic acids is 1. The predicted octanol–water partition coefficient (Wildman–Crippen LogP) is 4.07. The fourth-order valence-corrected chi connectivity index (χ4v) is 4.37. The molecule has 0 bridgehead atoms. The first-order valence-corrected chi connectivity index (χ1v) is 11.3. The molecule has 3 N–H and O–H groups in total. The van der Waals surface area contributed by atoms with Crippen LogP contribution < -0.4 is 10.6 Å². The Morgan fingerprint density at radius 1 is 1.00 bits per heavy atom. The highest BCUT2D eigenvalue weighted by Crippen LogP contribution is 2.44. The number of carboxylic acids is 1. The van der Waals surface area contributed by atoms with Gasteiger partial charge in [-0.05, 0) is 34.6 Å². The third-order valence-corrected chi connectivity index (χ3v) is 6.39. The lowest BCUT2D eigenvalue weighted by atomic mass is 9.98. The molecule has 7 nitrogen and oxygen atoms in total. The highest BCUT2D eigenvalue weighted by atomic mass is 19.4. The van der Waals surface area contributed by atoms with Crippen LogP contribution in [-0.4, -0.2) is 48.4 Å². The van der Waals surface area contributed by atoms with Gasteiger partial charge in [-0.15, -0.1) is 0 Å². The van der Waals surface area contributed by atoms with E-state index in [2.05, 4.69) is 5.32 Å². The summed E-state index contributed by atoms with van der Waals surface area (Å²) in [6.07, 6.45) is -3.95. The first-order chi connectivity index (χ1) is 16.6. The summed E-state index contributed by atoms with van der Waals surface area (Å²) in [6, 6.07) is 14.5. The number of carboxylic acid groups (broad SMARTS) is 1. The van der Waals surface area contributed by atoms with Crippen molar-refractivity contribution < 1.29 is 37.4 Å². The van der Waals surface area contributed by atoms with Crippen LogP contribution in [0.25, 0.3) is 11.1 Å². The van der Waals surface area contributed by atoms with E-state index in [1.807, 2.05) is 53.8 Å². The van der Waals surface area contributed by atoms with Gasteiger partial charge in [0, 0.05) is 12.5 Å². The topological polar surface area (TPSA) is 105 Å². The van der Waals surface area contributed by atoms with E-state index in [0.717, 1.165) is 35.1 Å². The number of carbonyl (C=O) groups is 3. The van der Waals surface area contributed by atoms with Crippen molar-refractivity contribution >= 4 is 18.0 Å². The minimum Gasteiger partial charge on any atom is -0.481 e. The van der Waals surface area contributed by atoms with E-state index in [4.69, 9.17) is 9.84 Å². The molecule has 10 heteroatoms. The second kappa shape index (κ2) is 9.97. The molecule has 0 spiro atoms. The van der Waals surface area contributed by atoms with Gasteiger partial charge in [0.2, 0.25) is 5.91 Å². The van der Waals surface area contributed by atoms with Crippen LogP contribution in [0.5, 0.6) is 0 Å². The zero-order chi connectivity index (χ0) is 25.2. The van der Waals surface area contributed by atoms with Gasteiger partial charge < -0.3 is 20.5 Å². The van der Waals surface area contributed by atoms with Crippen molar-refractivity contribution in [2.45, 2.75) is 37.4 Å². The maximum Gasteiger partial charge on any atom is 0.407 e. The van der Waals surface area contributed by atoms with Crippen LogP contribution in [0.1, 0.15) is 36.3 Å². The molecule has 4 rings (SSSR count). The predicted molar refractivity (Wildman–Crippen MR) is 120 cm³/mol. The molecular weight excluding hydrogens is 465 g/mol. The lowest BCUT2D eigenvalue weighted by Gasteiger charge is -2.21. The van der Waals surface area contributed by atoms with Crippen LogP contribution in [0.15, 0.2) is 48.5 Å². The lowest BCUT2D eigenvalue weighted by Crippen LogP contribution is -2.50. The molecule has 2 aliphatic rings. The van der Waals surface area contributed by atoms with Crippen LogP contribution in [0.2, 0.25) is 0 Å². The van der Waals surface area contributed by atoms with Gasteiger partial charge in [-0.1, -0.05) is 61.4 Å². The van der Waals surface area contributed by atoms with Crippen LogP contribution in [0.3, 0.4) is 0 Å². The summed E-state index contributed by atoms with van der Waals surface area (Å²) in [5, 5.41) is 13.3. The summed E-state index contributed by atoms with van der Waals surface area (Å²) >= 11 is 0. The number of ether oxygens (including phenoxy) is 1. The van der Waals surface area contributed by atoms with E-state index in [-0.39, 0.29) is 24.9 Å². The van der Waals surface area contributed by atoms with Crippen molar-refractivity contribution in [3.05, 3.63) is 59.7 Å². The van der Waals surface area contributed by atoms with E-state index >= 15 is 0 Å². The first kappa shape index (κ1) is 24.6. The zero-order valence-electron chi connectivity index (χ0n) is 18.7. The average Bonchev–Trinajstić information content (AvgIpc) is 3.56. The van der Waals surface area contributed by atoms with Gasteiger partial charge in [-0.3, -0.25) is 9.59 Å². The number of rotatable bonds is 9. The van der Waals surface area contributed by atoms with Crippen LogP contribution in [-0.2, 0) is 14.3 Å². The Labute approximate surface area is 199 Å². The van der Waals surface area contributed by atoms with Gasteiger partial charge >= 0.3 is 18.2 Å². The normalized spacial score (nSPS) is 16.5. The van der Waals surface area contributed by atoms with Crippen molar-refractivity contribution in [2.24, 2.45) is 11.8 Å². The maximum absolute atomic E-state index is 12.9. The van der Waals surface area contributed by atoms with Crippen molar-refractivity contribution in [1.29, 1.82) is 0 Å². The molecule has 0 heterocycles. The summed E-state index contributed by atoms with van der Waals surface area (Å²) in [5.74, 6) is -5.71. The second-order valence-corrected chi connectivity index (χ2v) is 8.88. The van der Waals surface area contributed by atoms with E-state index in [0.29, 0.717) is 0 Å². The molecule has 2 aliphatic carbocycles. The largest absolute Gasteiger partial charge is 0.481 e. The van der Waals surface area contributed by atoms with Crippen LogP contribution in [0.4, 0.5) is 18.0 Å². The van der Waals surface area contributed by atoms with Gasteiger partial charge in [-0.25, -0.2) is 4.79 Å². The highest BCUT2D eigenvalue weighted by Gasteiger charge is 2.45. The fraction of sp³-hybridized carbons (Fsp3) is 0.400. The van der Waals surface area contributed by atoms with Crippen LogP contribution in [0, 0.1) is 11.8 Å². The molecule has 1 fully saturated rings.